The minimum absolute atomic E-state index is 0.129. The van der Waals surface area contributed by atoms with Crippen LogP contribution in [0.4, 0.5) is 0 Å². The van der Waals surface area contributed by atoms with Gasteiger partial charge in [-0.05, 0) is 0 Å². The molecule has 4 aromatic rings. The number of hydrogen-bond donors (Lipinski definition) is 0. The van der Waals surface area contributed by atoms with Crippen molar-refractivity contribution < 1.29 is 12.6 Å². The molecule has 4 heteroatoms. The van der Waals surface area contributed by atoms with Crippen LogP contribution in [0, 0.1) is 6.92 Å². The molecule has 154 valence electrons. The molecule has 0 saturated carbocycles. The van der Waals surface area contributed by atoms with Gasteiger partial charge in [0.1, 0.15) is 0 Å². The van der Waals surface area contributed by atoms with Crippen LogP contribution in [0.3, 0.4) is 0 Å². The third-order valence-corrected chi connectivity index (χ3v) is 16.6. The molecule has 3 nitrogen and oxygen atoms in total. The molecule has 0 bridgehead atoms. The maximum atomic E-state index is 13.2. The molecule has 4 aromatic carbocycles. The van der Waals surface area contributed by atoms with Gasteiger partial charge in [0.15, 0.2) is 0 Å². The van der Waals surface area contributed by atoms with E-state index in [0.29, 0.717) is 5.75 Å². The Morgan fingerprint density at radius 2 is 1.06 bits per heavy atom. The summed E-state index contributed by atoms with van der Waals surface area (Å²) >= 11 is -4.08. The molecule has 0 N–H and O–H groups in total. The van der Waals surface area contributed by atoms with Crippen LogP contribution in [0.2, 0.25) is 0 Å². The summed E-state index contributed by atoms with van der Waals surface area (Å²) in [5, 5.41) is 0. The Morgan fingerprint density at radius 3 is 1.52 bits per heavy atom. The van der Waals surface area contributed by atoms with Gasteiger partial charge in [0.25, 0.3) is 0 Å². The zero-order chi connectivity index (χ0) is 21.5. The van der Waals surface area contributed by atoms with E-state index in [1.54, 1.807) is 0 Å². The second-order valence-electron chi connectivity index (χ2n) is 7.31. The number of para-hydroxylation sites is 1. The van der Waals surface area contributed by atoms with E-state index >= 15 is 0 Å². The van der Waals surface area contributed by atoms with Crippen LogP contribution in [-0.4, -0.2) is 31.4 Å². The minimum atomic E-state index is -4.08. The second-order valence-corrected chi connectivity index (χ2v) is 16.7. The van der Waals surface area contributed by atoms with E-state index in [4.69, 9.17) is 7.81 Å². The van der Waals surface area contributed by atoms with Crippen molar-refractivity contribution in [3.63, 3.8) is 0 Å². The fourth-order valence-electron chi connectivity index (χ4n) is 3.75. The van der Waals surface area contributed by atoms with Gasteiger partial charge in [-0.25, -0.2) is 0 Å². The molecule has 0 heterocycles. The fourth-order valence-corrected chi connectivity index (χ4v) is 14.4. The average molecular weight is 515 g/mol. The number of carbonyl (C=O) groups excluding carboxylic acids is 1. The van der Waals surface area contributed by atoms with E-state index < -0.39 is 18.8 Å². The van der Waals surface area contributed by atoms with Gasteiger partial charge in [-0.2, -0.15) is 0 Å². The number of carbonyl (C=O) groups is 1. The van der Waals surface area contributed by atoms with Crippen LogP contribution in [0.15, 0.2) is 115 Å². The predicted molar refractivity (Wildman–Crippen MR) is 127 cm³/mol. The molecule has 0 radical (unpaired) electrons. The Morgan fingerprint density at radius 1 is 0.645 bits per heavy atom. The summed E-state index contributed by atoms with van der Waals surface area (Å²) < 4.78 is 15.6. The van der Waals surface area contributed by atoms with E-state index in [1.165, 1.54) is 0 Å². The topological polar surface area (TPSA) is 35.5 Å². The van der Waals surface area contributed by atoms with E-state index in [2.05, 4.69) is 36.4 Å². The molecular weight excluding hydrogens is 491 g/mol. The van der Waals surface area contributed by atoms with Gasteiger partial charge in [0.2, 0.25) is 0 Å². The third kappa shape index (κ3) is 4.67. The Kier molecular flexibility index (Phi) is 6.72. The molecule has 0 atom stereocenters. The molecule has 0 unspecified atom stereocenters. The van der Waals surface area contributed by atoms with Crippen LogP contribution in [-0.2, 0) is 7.87 Å². The maximum absolute atomic E-state index is 13.2. The van der Waals surface area contributed by atoms with Crippen LogP contribution < -0.4 is 15.5 Å². The van der Waals surface area contributed by atoms with Crippen molar-refractivity contribution in [2.45, 2.75) is 6.92 Å². The molecule has 0 saturated heterocycles. The van der Waals surface area contributed by atoms with Crippen molar-refractivity contribution in [1.82, 2.24) is 0 Å². The molecule has 0 aliphatic heterocycles. The Hall–Kier alpha value is -3.05. The molecule has 0 fully saturated rings. The Balaban J connectivity index is 1.75. The Bertz CT molecular complexity index is 1030. The zero-order valence-corrected chi connectivity index (χ0v) is 20.3. The summed E-state index contributed by atoms with van der Waals surface area (Å²) in [4.78, 5) is 13.2. The van der Waals surface area contributed by atoms with E-state index in [-0.39, 0.29) is 12.6 Å². The van der Waals surface area contributed by atoms with Crippen molar-refractivity contribution in [2.24, 2.45) is 0 Å². The first kappa shape index (κ1) is 21.2. The van der Waals surface area contributed by atoms with E-state index in [9.17, 15) is 4.79 Å². The van der Waals surface area contributed by atoms with Crippen molar-refractivity contribution in [2.75, 3.05) is 6.61 Å². The number of ether oxygens (including phenoxy) is 1. The third-order valence-electron chi connectivity index (χ3n) is 5.25. The quantitative estimate of drug-likeness (QED) is 0.354. The summed E-state index contributed by atoms with van der Waals surface area (Å²) in [5.74, 6) is 0.343. The predicted octanol–water partition coefficient (Wildman–Crippen LogP) is 3.58. The summed E-state index contributed by atoms with van der Waals surface area (Å²) in [7, 11) is 0. The fraction of sp³-hybridized carbons (Fsp3) is 0.0741. The average Bonchev–Trinajstić information content (AvgIpc) is 2.84. The molecular formula is C27H24O3Sn. The van der Waals surface area contributed by atoms with E-state index in [0.717, 1.165) is 16.3 Å². The van der Waals surface area contributed by atoms with Crippen LogP contribution in [0.5, 0.6) is 5.75 Å². The van der Waals surface area contributed by atoms with Crippen LogP contribution >= 0.6 is 0 Å². The van der Waals surface area contributed by atoms with E-state index in [1.807, 2.05) is 85.8 Å². The summed E-state index contributed by atoms with van der Waals surface area (Å²) in [5.41, 5.74) is 0.985. The monoisotopic (exact) mass is 516 g/mol. The summed E-state index contributed by atoms with van der Waals surface area (Å²) in [6.45, 7) is 1.83. The van der Waals surface area contributed by atoms with Gasteiger partial charge in [-0.1, -0.05) is 0 Å². The number of aryl methyl sites for hydroxylation is 1. The second kappa shape index (κ2) is 9.84. The zero-order valence-electron chi connectivity index (χ0n) is 17.4. The van der Waals surface area contributed by atoms with Crippen molar-refractivity contribution in [1.29, 1.82) is 0 Å². The summed E-state index contributed by atoms with van der Waals surface area (Å²) in [6.07, 6.45) is 0. The first-order valence-electron chi connectivity index (χ1n) is 10.3. The molecule has 4 rings (SSSR count). The summed E-state index contributed by atoms with van der Waals surface area (Å²) in [6, 6.07) is 38.1. The number of benzene rings is 4. The SMILES string of the molecule is Cc1ccccc1OCC(=O)[O][Sn]([c]1ccccc1)([c]1ccccc1)[c]1ccccc1. The van der Waals surface area contributed by atoms with Gasteiger partial charge in [0.05, 0.1) is 0 Å². The van der Waals surface area contributed by atoms with Gasteiger partial charge in [-0.3, -0.25) is 0 Å². The first-order valence-corrected chi connectivity index (χ1v) is 15.7. The van der Waals surface area contributed by atoms with Gasteiger partial charge in [-0.15, -0.1) is 0 Å². The van der Waals surface area contributed by atoms with Gasteiger partial charge in [0, 0.05) is 0 Å². The Labute approximate surface area is 187 Å². The standard InChI is InChI=1S/C9H10O3.3C6H5.Sn/c1-7-4-2-3-5-8(7)12-6-9(10)11;3*1-2-4-6-5-3-1;/h2-5H,6H2,1H3,(H,10,11);3*1-5H;/q;;;;+1/p-1. The van der Waals surface area contributed by atoms with Gasteiger partial charge < -0.3 is 0 Å². The van der Waals surface area contributed by atoms with Crippen molar-refractivity contribution in [3.8, 4) is 5.75 Å². The van der Waals surface area contributed by atoms with Crippen LogP contribution in [0.1, 0.15) is 5.56 Å². The molecule has 0 amide bonds. The number of hydrogen-bond acceptors (Lipinski definition) is 3. The molecule has 0 aliphatic rings. The molecule has 0 aromatic heterocycles. The molecule has 31 heavy (non-hydrogen) atoms. The normalized spacial score (nSPS) is 11.0. The van der Waals surface area contributed by atoms with Crippen LogP contribution in [0.25, 0.3) is 0 Å². The van der Waals surface area contributed by atoms with Crippen molar-refractivity contribution >= 4 is 35.5 Å². The first-order chi connectivity index (χ1) is 15.2. The molecule has 0 aliphatic carbocycles. The number of rotatable bonds is 7. The molecule has 0 spiro atoms. The van der Waals surface area contributed by atoms with Crippen molar-refractivity contribution in [3.05, 3.63) is 121 Å². The van der Waals surface area contributed by atoms with Gasteiger partial charge >= 0.3 is 188 Å².